The molecule has 0 aliphatic carbocycles. The third-order valence-electron chi connectivity index (χ3n) is 3.49. The highest BCUT2D eigenvalue weighted by Gasteiger charge is 2.14. The summed E-state index contributed by atoms with van der Waals surface area (Å²) in [6, 6.07) is 14.6. The highest BCUT2D eigenvalue weighted by Crippen LogP contribution is 2.25. The van der Waals surface area contributed by atoms with Gasteiger partial charge < -0.3 is 14.8 Å². The number of amides is 1. The Balaban J connectivity index is 2.10. The molecule has 2 rings (SSSR count). The fourth-order valence-electron chi connectivity index (χ4n) is 2.25. The highest BCUT2D eigenvalue weighted by molar-refractivity contribution is 6.06. The van der Waals surface area contributed by atoms with Gasteiger partial charge >= 0.3 is 0 Å². The molecule has 0 fully saturated rings. The second-order valence-corrected chi connectivity index (χ2v) is 5.21. The van der Waals surface area contributed by atoms with Gasteiger partial charge in [0.2, 0.25) is 0 Å². The minimum absolute atomic E-state index is 0.208. The van der Waals surface area contributed by atoms with Gasteiger partial charge in [0.05, 0.1) is 25.0 Å². The second kappa shape index (κ2) is 8.83. The van der Waals surface area contributed by atoms with Gasteiger partial charge in [-0.1, -0.05) is 44.0 Å². The fourth-order valence-corrected chi connectivity index (χ4v) is 2.25. The molecule has 0 aliphatic heterocycles. The molecule has 1 amide bonds. The number of unbranched alkanes of at least 4 members (excludes halogenated alkanes) is 2. The summed E-state index contributed by atoms with van der Waals surface area (Å²) in [4.78, 5) is 12.5. The highest BCUT2D eigenvalue weighted by atomic mass is 16.5. The van der Waals surface area contributed by atoms with Crippen LogP contribution in [0.1, 0.15) is 36.5 Å². The summed E-state index contributed by atoms with van der Waals surface area (Å²) < 4.78 is 11.0. The van der Waals surface area contributed by atoms with Crippen LogP contribution in [0.3, 0.4) is 0 Å². The van der Waals surface area contributed by atoms with Gasteiger partial charge in [-0.2, -0.15) is 0 Å². The first-order valence-corrected chi connectivity index (χ1v) is 7.92. The van der Waals surface area contributed by atoms with Gasteiger partial charge in [-0.15, -0.1) is 0 Å². The number of carbonyl (C=O) groups excluding carboxylic acids is 1. The maximum absolute atomic E-state index is 12.5. The molecular formula is C19H23NO3. The average molecular weight is 313 g/mol. The van der Waals surface area contributed by atoms with Gasteiger partial charge in [0.25, 0.3) is 5.91 Å². The maximum Gasteiger partial charge on any atom is 0.259 e. The number of para-hydroxylation sites is 3. The third kappa shape index (κ3) is 4.74. The Morgan fingerprint density at radius 1 is 1.00 bits per heavy atom. The first kappa shape index (κ1) is 16.9. The molecule has 0 saturated heterocycles. The van der Waals surface area contributed by atoms with E-state index in [0.717, 1.165) is 19.3 Å². The number of ether oxygens (including phenoxy) is 2. The number of carbonyl (C=O) groups is 1. The summed E-state index contributed by atoms with van der Waals surface area (Å²) in [5.41, 5.74) is 1.16. The molecule has 2 aromatic carbocycles. The monoisotopic (exact) mass is 313 g/mol. The van der Waals surface area contributed by atoms with Crippen LogP contribution in [-0.2, 0) is 0 Å². The van der Waals surface area contributed by atoms with Crippen LogP contribution in [0.5, 0.6) is 11.5 Å². The summed E-state index contributed by atoms with van der Waals surface area (Å²) in [5.74, 6) is 1.03. The van der Waals surface area contributed by atoms with Crippen LogP contribution < -0.4 is 14.8 Å². The minimum atomic E-state index is -0.208. The van der Waals surface area contributed by atoms with E-state index in [1.165, 1.54) is 0 Å². The van der Waals surface area contributed by atoms with E-state index in [1.54, 1.807) is 19.2 Å². The first-order valence-electron chi connectivity index (χ1n) is 7.92. The predicted octanol–water partition coefficient (Wildman–Crippen LogP) is 4.52. The van der Waals surface area contributed by atoms with E-state index in [9.17, 15) is 4.79 Å². The van der Waals surface area contributed by atoms with E-state index < -0.39 is 0 Å². The summed E-state index contributed by atoms with van der Waals surface area (Å²) in [6.45, 7) is 2.77. The third-order valence-corrected chi connectivity index (χ3v) is 3.49. The molecule has 2 aromatic rings. The van der Waals surface area contributed by atoms with Crippen molar-refractivity contribution < 1.29 is 14.3 Å². The molecule has 0 spiro atoms. The van der Waals surface area contributed by atoms with Gasteiger partial charge in [0.15, 0.2) is 0 Å². The molecule has 0 heterocycles. The number of methoxy groups -OCH3 is 1. The van der Waals surface area contributed by atoms with Crippen LogP contribution in [0.15, 0.2) is 48.5 Å². The van der Waals surface area contributed by atoms with E-state index in [1.807, 2.05) is 36.4 Å². The van der Waals surface area contributed by atoms with Crippen molar-refractivity contribution in [2.75, 3.05) is 19.0 Å². The number of rotatable bonds is 8. The van der Waals surface area contributed by atoms with E-state index in [-0.39, 0.29) is 5.91 Å². The van der Waals surface area contributed by atoms with Crippen molar-refractivity contribution in [3.8, 4) is 11.5 Å². The Hall–Kier alpha value is -2.49. The predicted molar refractivity (Wildman–Crippen MR) is 92.4 cm³/mol. The fraction of sp³-hybridized carbons (Fsp3) is 0.316. The van der Waals surface area contributed by atoms with Gasteiger partial charge in [-0.25, -0.2) is 0 Å². The first-order chi connectivity index (χ1) is 11.3. The van der Waals surface area contributed by atoms with Gasteiger partial charge in [0, 0.05) is 0 Å². The van der Waals surface area contributed by atoms with Crippen LogP contribution >= 0.6 is 0 Å². The van der Waals surface area contributed by atoms with Crippen LogP contribution in [-0.4, -0.2) is 19.6 Å². The topological polar surface area (TPSA) is 47.6 Å². The SMILES string of the molecule is CCCCCOc1ccccc1C(=O)Nc1ccccc1OC. The molecule has 0 aromatic heterocycles. The van der Waals surface area contributed by atoms with Crippen molar-refractivity contribution in [1.82, 2.24) is 0 Å². The van der Waals surface area contributed by atoms with Crippen molar-refractivity contribution in [2.24, 2.45) is 0 Å². The zero-order valence-electron chi connectivity index (χ0n) is 13.7. The number of hydrogen-bond donors (Lipinski definition) is 1. The molecule has 0 unspecified atom stereocenters. The molecule has 0 atom stereocenters. The van der Waals surface area contributed by atoms with Crippen LogP contribution in [0.4, 0.5) is 5.69 Å². The molecule has 4 nitrogen and oxygen atoms in total. The van der Waals surface area contributed by atoms with Crippen molar-refractivity contribution in [1.29, 1.82) is 0 Å². The standard InChI is InChI=1S/C19H23NO3/c1-3-4-9-14-23-17-12-7-5-10-15(17)19(21)20-16-11-6-8-13-18(16)22-2/h5-8,10-13H,3-4,9,14H2,1-2H3,(H,20,21). The molecule has 0 bridgehead atoms. The molecule has 122 valence electrons. The Bertz CT molecular complexity index is 640. The van der Waals surface area contributed by atoms with Crippen LogP contribution in [0, 0.1) is 0 Å². The zero-order valence-corrected chi connectivity index (χ0v) is 13.7. The van der Waals surface area contributed by atoms with Gasteiger partial charge in [-0.3, -0.25) is 4.79 Å². The van der Waals surface area contributed by atoms with E-state index in [4.69, 9.17) is 9.47 Å². The Morgan fingerprint density at radius 3 is 2.43 bits per heavy atom. The Labute approximate surface area is 137 Å². The number of anilines is 1. The lowest BCUT2D eigenvalue weighted by Gasteiger charge is -2.13. The Kier molecular flexibility index (Phi) is 6.48. The quantitative estimate of drug-likeness (QED) is 0.729. The van der Waals surface area contributed by atoms with Crippen LogP contribution in [0.2, 0.25) is 0 Å². The molecule has 4 heteroatoms. The molecule has 0 aliphatic rings. The second-order valence-electron chi connectivity index (χ2n) is 5.21. The van der Waals surface area contributed by atoms with Crippen LogP contribution in [0.25, 0.3) is 0 Å². The summed E-state index contributed by atoms with van der Waals surface area (Å²) in [5, 5.41) is 2.88. The maximum atomic E-state index is 12.5. The van der Waals surface area contributed by atoms with Crippen molar-refractivity contribution in [2.45, 2.75) is 26.2 Å². The van der Waals surface area contributed by atoms with E-state index in [2.05, 4.69) is 12.2 Å². The minimum Gasteiger partial charge on any atom is -0.495 e. The van der Waals surface area contributed by atoms with Gasteiger partial charge in [-0.05, 0) is 30.7 Å². The summed E-state index contributed by atoms with van der Waals surface area (Å²) in [6.07, 6.45) is 3.24. The van der Waals surface area contributed by atoms with Crippen molar-refractivity contribution in [3.05, 3.63) is 54.1 Å². The zero-order chi connectivity index (χ0) is 16.5. The number of benzene rings is 2. The summed E-state index contributed by atoms with van der Waals surface area (Å²) in [7, 11) is 1.58. The molecular weight excluding hydrogens is 290 g/mol. The Morgan fingerprint density at radius 2 is 1.70 bits per heavy atom. The lowest BCUT2D eigenvalue weighted by atomic mass is 10.1. The lowest BCUT2D eigenvalue weighted by molar-refractivity contribution is 0.102. The smallest absolute Gasteiger partial charge is 0.259 e. The number of nitrogens with one attached hydrogen (secondary N) is 1. The van der Waals surface area contributed by atoms with E-state index in [0.29, 0.717) is 29.4 Å². The molecule has 0 saturated carbocycles. The van der Waals surface area contributed by atoms with Crippen molar-refractivity contribution >= 4 is 11.6 Å². The van der Waals surface area contributed by atoms with Gasteiger partial charge in [0.1, 0.15) is 11.5 Å². The largest absolute Gasteiger partial charge is 0.495 e. The molecule has 0 radical (unpaired) electrons. The normalized spacial score (nSPS) is 10.2. The molecule has 23 heavy (non-hydrogen) atoms. The average Bonchev–Trinajstić information content (AvgIpc) is 2.59. The summed E-state index contributed by atoms with van der Waals surface area (Å²) >= 11 is 0. The number of hydrogen-bond acceptors (Lipinski definition) is 3. The van der Waals surface area contributed by atoms with E-state index >= 15 is 0 Å². The van der Waals surface area contributed by atoms with Crippen molar-refractivity contribution in [3.63, 3.8) is 0 Å². The molecule has 1 N–H and O–H groups in total. The lowest BCUT2D eigenvalue weighted by Crippen LogP contribution is -2.14.